The summed E-state index contributed by atoms with van der Waals surface area (Å²) in [5, 5.41) is 11.5. The van der Waals surface area contributed by atoms with E-state index in [2.05, 4.69) is 0 Å². The second-order valence-corrected chi connectivity index (χ2v) is 6.31. The molecule has 146 valence electrons. The van der Waals surface area contributed by atoms with Gasteiger partial charge in [0, 0.05) is 19.2 Å². The fourth-order valence-corrected chi connectivity index (χ4v) is 3.24. The summed E-state index contributed by atoms with van der Waals surface area (Å²) in [4.78, 5) is 25.6. The number of rotatable bonds is 6. The highest BCUT2D eigenvalue weighted by atomic mass is 16.6. The van der Waals surface area contributed by atoms with Crippen LogP contribution >= 0.6 is 0 Å². The summed E-state index contributed by atoms with van der Waals surface area (Å²) >= 11 is 0. The molecule has 3 rings (SSSR count). The SMILES string of the molecule is CCOc1cc(C(=O)N2CC=C(c3ccccc3)CC2)c([N+](=O)[O-])cc1OC. The third kappa shape index (κ3) is 3.98. The van der Waals surface area contributed by atoms with Gasteiger partial charge in [-0.1, -0.05) is 36.4 Å². The van der Waals surface area contributed by atoms with Crippen LogP contribution in [0.4, 0.5) is 5.69 Å². The first-order valence-electron chi connectivity index (χ1n) is 9.08. The maximum Gasteiger partial charge on any atom is 0.286 e. The van der Waals surface area contributed by atoms with E-state index in [-0.39, 0.29) is 17.0 Å². The molecule has 7 heteroatoms. The molecule has 0 aliphatic carbocycles. The molecule has 0 saturated heterocycles. The smallest absolute Gasteiger partial charge is 0.286 e. The van der Waals surface area contributed by atoms with E-state index in [0.717, 1.165) is 5.56 Å². The van der Waals surface area contributed by atoms with Gasteiger partial charge in [-0.05, 0) is 24.5 Å². The molecule has 28 heavy (non-hydrogen) atoms. The van der Waals surface area contributed by atoms with Crippen LogP contribution in [0.25, 0.3) is 5.57 Å². The molecule has 0 N–H and O–H groups in total. The van der Waals surface area contributed by atoms with E-state index in [1.807, 2.05) is 36.4 Å². The van der Waals surface area contributed by atoms with Gasteiger partial charge in [0.1, 0.15) is 5.56 Å². The number of benzene rings is 2. The van der Waals surface area contributed by atoms with Crippen LogP contribution in [0.1, 0.15) is 29.3 Å². The van der Waals surface area contributed by atoms with Crippen LogP contribution in [-0.2, 0) is 0 Å². The molecule has 1 amide bonds. The molecule has 0 saturated carbocycles. The molecule has 0 atom stereocenters. The monoisotopic (exact) mass is 382 g/mol. The maximum atomic E-state index is 13.0. The normalized spacial score (nSPS) is 13.6. The standard InChI is InChI=1S/C21H22N2O5/c1-3-28-20-13-17(18(23(25)26)14-19(20)27-2)21(24)22-11-9-16(10-12-22)15-7-5-4-6-8-15/h4-9,13-14H,3,10-12H2,1-2H3. The first kappa shape index (κ1) is 19.4. The molecule has 2 aromatic carbocycles. The van der Waals surface area contributed by atoms with Gasteiger partial charge in [0.15, 0.2) is 11.5 Å². The highest BCUT2D eigenvalue weighted by Crippen LogP contribution is 2.36. The largest absolute Gasteiger partial charge is 0.493 e. The first-order valence-corrected chi connectivity index (χ1v) is 9.08. The van der Waals surface area contributed by atoms with Crippen LogP contribution in [0.3, 0.4) is 0 Å². The van der Waals surface area contributed by atoms with Crippen LogP contribution in [0.5, 0.6) is 11.5 Å². The summed E-state index contributed by atoms with van der Waals surface area (Å²) in [6.07, 6.45) is 2.69. The molecule has 0 fully saturated rings. The number of nitro benzene ring substituents is 1. The lowest BCUT2D eigenvalue weighted by Crippen LogP contribution is -2.35. The maximum absolute atomic E-state index is 13.0. The van der Waals surface area contributed by atoms with Crippen molar-refractivity contribution in [1.29, 1.82) is 0 Å². The number of hydrogen-bond acceptors (Lipinski definition) is 5. The molecule has 0 aromatic heterocycles. The second kappa shape index (κ2) is 8.56. The van der Waals surface area contributed by atoms with Crippen LogP contribution in [0, 0.1) is 10.1 Å². The number of nitro groups is 1. The van der Waals surface area contributed by atoms with Crippen LogP contribution in [0.2, 0.25) is 0 Å². The van der Waals surface area contributed by atoms with Crippen molar-refractivity contribution < 1.29 is 19.2 Å². The Morgan fingerprint density at radius 1 is 1.21 bits per heavy atom. The minimum Gasteiger partial charge on any atom is -0.493 e. The Morgan fingerprint density at radius 3 is 2.54 bits per heavy atom. The highest BCUT2D eigenvalue weighted by molar-refractivity contribution is 5.99. The number of ether oxygens (including phenoxy) is 2. The number of amides is 1. The summed E-state index contributed by atoms with van der Waals surface area (Å²) in [6, 6.07) is 12.6. The van der Waals surface area contributed by atoms with Gasteiger partial charge >= 0.3 is 0 Å². The van der Waals surface area contributed by atoms with Crippen molar-refractivity contribution in [2.75, 3.05) is 26.8 Å². The Kier molecular flexibility index (Phi) is 5.93. The Hall–Kier alpha value is -3.35. The van der Waals surface area contributed by atoms with E-state index in [9.17, 15) is 14.9 Å². The molecule has 1 heterocycles. The van der Waals surface area contributed by atoms with Crippen molar-refractivity contribution in [3.63, 3.8) is 0 Å². The van der Waals surface area contributed by atoms with E-state index in [1.165, 1.54) is 24.8 Å². The lowest BCUT2D eigenvalue weighted by atomic mass is 9.99. The van der Waals surface area contributed by atoms with Gasteiger partial charge in [-0.25, -0.2) is 0 Å². The topological polar surface area (TPSA) is 81.9 Å². The summed E-state index contributed by atoms with van der Waals surface area (Å²) in [7, 11) is 1.41. The van der Waals surface area contributed by atoms with E-state index in [0.29, 0.717) is 31.9 Å². The van der Waals surface area contributed by atoms with Gasteiger partial charge in [-0.3, -0.25) is 14.9 Å². The summed E-state index contributed by atoms with van der Waals surface area (Å²) < 4.78 is 10.7. The highest BCUT2D eigenvalue weighted by Gasteiger charge is 2.29. The number of carbonyl (C=O) groups excluding carboxylic acids is 1. The Morgan fingerprint density at radius 2 is 1.96 bits per heavy atom. The Labute approximate surface area is 163 Å². The zero-order valence-electron chi connectivity index (χ0n) is 15.9. The van der Waals surface area contributed by atoms with Gasteiger partial charge < -0.3 is 14.4 Å². The van der Waals surface area contributed by atoms with Crippen LogP contribution in [-0.4, -0.2) is 42.5 Å². The number of nitrogens with zero attached hydrogens (tertiary/aromatic N) is 2. The fourth-order valence-electron chi connectivity index (χ4n) is 3.24. The van der Waals surface area contributed by atoms with Gasteiger partial charge in [0.05, 0.1) is 24.7 Å². The molecule has 0 radical (unpaired) electrons. The van der Waals surface area contributed by atoms with Crippen LogP contribution < -0.4 is 9.47 Å². The number of methoxy groups -OCH3 is 1. The second-order valence-electron chi connectivity index (χ2n) is 6.31. The predicted molar refractivity (Wildman–Crippen MR) is 106 cm³/mol. The molecular weight excluding hydrogens is 360 g/mol. The predicted octanol–water partition coefficient (Wildman–Crippen LogP) is 3.93. The van der Waals surface area contributed by atoms with Crippen LogP contribution in [0.15, 0.2) is 48.5 Å². The third-order valence-electron chi connectivity index (χ3n) is 4.65. The van der Waals surface area contributed by atoms with E-state index in [1.54, 1.807) is 11.8 Å². The molecule has 7 nitrogen and oxygen atoms in total. The van der Waals surface area contributed by atoms with E-state index >= 15 is 0 Å². The van der Waals surface area contributed by atoms with E-state index in [4.69, 9.17) is 9.47 Å². The van der Waals surface area contributed by atoms with Crippen molar-refractivity contribution in [1.82, 2.24) is 4.90 Å². The Bertz CT molecular complexity index is 909. The molecule has 2 aromatic rings. The van der Waals surface area contributed by atoms with Crippen molar-refractivity contribution >= 4 is 17.2 Å². The zero-order chi connectivity index (χ0) is 20.1. The van der Waals surface area contributed by atoms with E-state index < -0.39 is 10.8 Å². The third-order valence-corrected chi connectivity index (χ3v) is 4.65. The number of hydrogen-bond donors (Lipinski definition) is 0. The molecule has 1 aliphatic heterocycles. The molecular formula is C21H22N2O5. The van der Waals surface area contributed by atoms with Gasteiger partial charge in [-0.15, -0.1) is 0 Å². The van der Waals surface area contributed by atoms with Crippen molar-refractivity contribution in [2.45, 2.75) is 13.3 Å². The molecule has 0 spiro atoms. The van der Waals surface area contributed by atoms with Gasteiger partial charge in [0.25, 0.3) is 11.6 Å². The Balaban J connectivity index is 1.89. The van der Waals surface area contributed by atoms with Crippen molar-refractivity contribution in [3.8, 4) is 11.5 Å². The summed E-state index contributed by atoms with van der Waals surface area (Å²) in [6.45, 7) is 3.04. The number of carbonyl (C=O) groups is 1. The lowest BCUT2D eigenvalue weighted by Gasteiger charge is -2.27. The summed E-state index contributed by atoms with van der Waals surface area (Å²) in [5.41, 5.74) is 2.02. The average Bonchev–Trinajstić information content (AvgIpc) is 2.73. The van der Waals surface area contributed by atoms with Crippen molar-refractivity contribution in [2.24, 2.45) is 0 Å². The van der Waals surface area contributed by atoms with Crippen molar-refractivity contribution in [3.05, 3.63) is 69.8 Å². The lowest BCUT2D eigenvalue weighted by molar-refractivity contribution is -0.385. The molecule has 0 unspecified atom stereocenters. The fraction of sp³-hybridized carbons (Fsp3) is 0.286. The molecule has 0 bridgehead atoms. The minimum absolute atomic E-state index is 0.00538. The zero-order valence-corrected chi connectivity index (χ0v) is 15.9. The van der Waals surface area contributed by atoms with Gasteiger partial charge in [-0.2, -0.15) is 0 Å². The summed E-state index contributed by atoms with van der Waals surface area (Å²) in [5.74, 6) is 0.158. The van der Waals surface area contributed by atoms with Gasteiger partial charge in [0.2, 0.25) is 0 Å². The minimum atomic E-state index is -0.569. The first-order chi connectivity index (χ1) is 13.5. The quantitative estimate of drug-likeness (QED) is 0.558. The molecule has 1 aliphatic rings. The average molecular weight is 382 g/mol.